The quantitative estimate of drug-likeness (QED) is 0.168. The zero-order valence-corrected chi connectivity index (χ0v) is 29.3. The third kappa shape index (κ3) is 5.13. The molecule has 10 rings (SSSR count). The number of thiophene rings is 2. The Hall–Kier alpha value is -6.00. The van der Waals surface area contributed by atoms with Crippen LogP contribution in [0, 0.1) is 0 Å². The molecule has 0 aliphatic rings. The fraction of sp³-hybridized carbons (Fsp3) is 0. The molecule has 0 radical (unpaired) electrons. The molecule has 8 aromatic carbocycles. The van der Waals surface area contributed by atoms with Crippen LogP contribution in [-0.2, 0) is 0 Å². The number of anilines is 3. The Morgan fingerprint density at radius 3 is 1.49 bits per heavy atom. The molecule has 0 bridgehead atoms. The van der Waals surface area contributed by atoms with Crippen molar-refractivity contribution >= 4 is 80.1 Å². The summed E-state index contributed by atoms with van der Waals surface area (Å²) in [5.74, 6) is 0. The first-order chi connectivity index (χ1) is 25.3. The molecule has 1 nitrogen and oxygen atoms in total. The monoisotopic (exact) mass is 685 g/mol. The van der Waals surface area contributed by atoms with E-state index in [0.29, 0.717) is 0 Å². The van der Waals surface area contributed by atoms with Crippen LogP contribution in [-0.4, -0.2) is 0 Å². The zero-order valence-electron chi connectivity index (χ0n) is 27.7. The van der Waals surface area contributed by atoms with E-state index in [2.05, 4.69) is 193 Å². The highest BCUT2D eigenvalue weighted by Gasteiger charge is 2.21. The Balaban J connectivity index is 1.17. The molecule has 0 aliphatic heterocycles. The molecule has 3 heteroatoms. The summed E-state index contributed by atoms with van der Waals surface area (Å²) in [6, 6.07) is 68.5. The van der Waals surface area contributed by atoms with Crippen molar-refractivity contribution < 1.29 is 0 Å². The number of nitrogens with zero attached hydrogens (tertiary/aromatic N) is 1. The van der Waals surface area contributed by atoms with E-state index in [1.807, 2.05) is 22.7 Å². The molecule has 0 aliphatic carbocycles. The lowest BCUT2D eigenvalue weighted by molar-refractivity contribution is 1.30. The van der Waals surface area contributed by atoms with Crippen molar-refractivity contribution in [1.29, 1.82) is 0 Å². The van der Waals surface area contributed by atoms with Crippen molar-refractivity contribution in [2.75, 3.05) is 4.90 Å². The van der Waals surface area contributed by atoms with E-state index in [1.165, 1.54) is 79.4 Å². The minimum absolute atomic E-state index is 1.12. The highest BCUT2D eigenvalue weighted by atomic mass is 32.1. The van der Waals surface area contributed by atoms with Crippen molar-refractivity contribution in [1.82, 2.24) is 0 Å². The van der Waals surface area contributed by atoms with Crippen LogP contribution >= 0.6 is 22.7 Å². The highest BCUT2D eigenvalue weighted by Crippen LogP contribution is 2.49. The third-order valence-electron chi connectivity index (χ3n) is 9.90. The lowest BCUT2D eigenvalue weighted by Crippen LogP contribution is -2.10. The number of benzene rings is 8. The van der Waals surface area contributed by atoms with Gasteiger partial charge in [-0.05, 0) is 81.9 Å². The van der Waals surface area contributed by atoms with Gasteiger partial charge in [0.2, 0.25) is 0 Å². The van der Waals surface area contributed by atoms with Gasteiger partial charge in [-0.3, -0.25) is 0 Å². The Labute approximate surface area is 304 Å². The molecule has 0 N–H and O–H groups in total. The first-order valence-corrected chi connectivity index (χ1v) is 18.9. The summed E-state index contributed by atoms with van der Waals surface area (Å²) in [6.45, 7) is 0. The molecule has 10 aromatic rings. The van der Waals surface area contributed by atoms with E-state index in [0.717, 1.165) is 11.4 Å². The van der Waals surface area contributed by atoms with E-state index in [1.54, 1.807) is 0 Å². The first-order valence-electron chi connectivity index (χ1n) is 17.3. The average molecular weight is 686 g/mol. The lowest BCUT2D eigenvalue weighted by Gasteiger charge is -2.27. The maximum atomic E-state index is 2.44. The molecule has 2 heterocycles. The van der Waals surface area contributed by atoms with E-state index in [4.69, 9.17) is 0 Å². The minimum Gasteiger partial charge on any atom is -0.309 e. The van der Waals surface area contributed by atoms with Gasteiger partial charge in [0.15, 0.2) is 0 Å². The van der Waals surface area contributed by atoms with Crippen molar-refractivity contribution in [2.45, 2.75) is 0 Å². The molecule has 0 amide bonds. The molecule has 2 aromatic heterocycles. The Morgan fingerprint density at radius 1 is 0.314 bits per heavy atom. The maximum absolute atomic E-state index is 2.44. The topological polar surface area (TPSA) is 3.24 Å². The van der Waals surface area contributed by atoms with Gasteiger partial charge in [0, 0.05) is 47.0 Å². The van der Waals surface area contributed by atoms with Crippen LogP contribution in [0.25, 0.3) is 73.7 Å². The summed E-state index contributed by atoms with van der Waals surface area (Å²) >= 11 is 3.75. The predicted octanol–water partition coefficient (Wildman–Crippen LogP) is 14.9. The van der Waals surface area contributed by atoms with Gasteiger partial charge in [0.25, 0.3) is 0 Å². The summed E-state index contributed by atoms with van der Waals surface area (Å²) < 4.78 is 5.22. The molecule has 0 saturated carbocycles. The molecule has 0 spiro atoms. The average Bonchev–Trinajstić information content (AvgIpc) is 3.79. The maximum Gasteiger partial charge on any atom is 0.0640 e. The van der Waals surface area contributed by atoms with Crippen molar-refractivity contribution in [3.63, 3.8) is 0 Å². The van der Waals surface area contributed by atoms with Crippen LogP contribution in [0.4, 0.5) is 17.1 Å². The fourth-order valence-corrected chi connectivity index (χ4v) is 9.88. The molecule has 0 fully saturated rings. The van der Waals surface area contributed by atoms with Gasteiger partial charge in [-0.15, -0.1) is 22.7 Å². The standard InChI is InChI=1S/C48H31NS2/c1-3-12-32(13-4-1)33-22-26-36(27-23-33)49(37-28-24-35(25-29-37)38-18-11-21-45-46(38)40-16-7-9-19-43(40)50-45)42-31-30-39(34-14-5-2-6-15-34)47-41-17-8-10-20-44(41)51-48(42)47/h1-31H. The van der Waals surface area contributed by atoms with Crippen LogP contribution in [0.3, 0.4) is 0 Å². The Kier molecular flexibility index (Phi) is 7.26. The van der Waals surface area contributed by atoms with Crippen LogP contribution in [0.15, 0.2) is 188 Å². The summed E-state index contributed by atoms with van der Waals surface area (Å²) in [5.41, 5.74) is 10.8. The summed E-state index contributed by atoms with van der Waals surface area (Å²) in [4.78, 5) is 2.44. The van der Waals surface area contributed by atoms with Crippen LogP contribution in [0.5, 0.6) is 0 Å². The van der Waals surface area contributed by atoms with Crippen molar-refractivity contribution in [2.24, 2.45) is 0 Å². The zero-order chi connectivity index (χ0) is 33.7. The van der Waals surface area contributed by atoms with Crippen molar-refractivity contribution in [3.05, 3.63) is 188 Å². The van der Waals surface area contributed by atoms with E-state index in [9.17, 15) is 0 Å². The molecule has 0 unspecified atom stereocenters. The van der Waals surface area contributed by atoms with Gasteiger partial charge in [0.05, 0.1) is 10.4 Å². The number of hydrogen-bond acceptors (Lipinski definition) is 3. The van der Waals surface area contributed by atoms with Gasteiger partial charge in [-0.1, -0.05) is 140 Å². The second-order valence-electron chi connectivity index (χ2n) is 12.9. The number of fused-ring (bicyclic) bond motifs is 6. The second-order valence-corrected chi connectivity index (χ2v) is 15.0. The second kappa shape index (κ2) is 12.4. The smallest absolute Gasteiger partial charge is 0.0640 e. The van der Waals surface area contributed by atoms with Gasteiger partial charge < -0.3 is 4.90 Å². The summed E-state index contributed by atoms with van der Waals surface area (Å²) in [7, 11) is 0. The largest absolute Gasteiger partial charge is 0.309 e. The molecular formula is C48H31NS2. The molecular weight excluding hydrogens is 655 g/mol. The normalized spacial score (nSPS) is 11.5. The van der Waals surface area contributed by atoms with E-state index < -0.39 is 0 Å². The minimum atomic E-state index is 1.12. The molecule has 0 atom stereocenters. The lowest BCUT2D eigenvalue weighted by atomic mass is 9.97. The third-order valence-corrected chi connectivity index (χ3v) is 12.2. The van der Waals surface area contributed by atoms with Gasteiger partial charge in [0.1, 0.15) is 0 Å². The first kappa shape index (κ1) is 29.9. The fourth-order valence-electron chi connectivity index (χ4n) is 7.51. The summed E-state index contributed by atoms with van der Waals surface area (Å²) in [6.07, 6.45) is 0. The number of hydrogen-bond donors (Lipinski definition) is 0. The molecule has 0 saturated heterocycles. The summed E-state index contributed by atoms with van der Waals surface area (Å²) in [5, 5.41) is 5.26. The van der Waals surface area contributed by atoms with Gasteiger partial charge in [-0.25, -0.2) is 0 Å². The van der Waals surface area contributed by atoms with Gasteiger partial charge in [-0.2, -0.15) is 0 Å². The predicted molar refractivity (Wildman–Crippen MR) is 223 cm³/mol. The van der Waals surface area contributed by atoms with Crippen LogP contribution in [0.1, 0.15) is 0 Å². The number of rotatable bonds is 6. The highest BCUT2D eigenvalue weighted by molar-refractivity contribution is 7.26. The van der Waals surface area contributed by atoms with Gasteiger partial charge >= 0.3 is 0 Å². The Morgan fingerprint density at radius 2 is 0.804 bits per heavy atom. The Bertz CT molecular complexity index is 2830. The molecule has 51 heavy (non-hydrogen) atoms. The SMILES string of the molecule is c1ccc(-c2ccc(N(c3ccc(-c4cccc5sc6ccccc6c45)cc3)c3ccc(-c4ccccc4)c4c3sc3ccccc34)cc2)cc1. The molecule has 240 valence electrons. The van der Waals surface area contributed by atoms with Crippen molar-refractivity contribution in [3.8, 4) is 33.4 Å². The van der Waals surface area contributed by atoms with Crippen LogP contribution in [0.2, 0.25) is 0 Å². The van der Waals surface area contributed by atoms with E-state index >= 15 is 0 Å². The van der Waals surface area contributed by atoms with E-state index in [-0.39, 0.29) is 0 Å². The van der Waals surface area contributed by atoms with Crippen LogP contribution < -0.4 is 4.90 Å².